The molecule has 26 heavy (non-hydrogen) atoms. The summed E-state index contributed by atoms with van der Waals surface area (Å²) in [7, 11) is 1.42. The molecule has 0 saturated heterocycles. The van der Waals surface area contributed by atoms with Gasteiger partial charge < -0.3 is 9.30 Å². The molecule has 130 valence electrons. The number of rotatable bonds is 3. The zero-order valence-corrected chi connectivity index (χ0v) is 14.8. The lowest BCUT2D eigenvalue weighted by molar-refractivity contribution is 0.0602. The summed E-state index contributed by atoms with van der Waals surface area (Å²) in [4.78, 5) is 12.4. The van der Waals surface area contributed by atoms with Gasteiger partial charge in [0, 0.05) is 17.6 Å². The van der Waals surface area contributed by atoms with Gasteiger partial charge in [-0.15, -0.1) is 0 Å². The smallest absolute Gasteiger partial charge is 0.340 e. The average Bonchev–Trinajstić information content (AvgIpc) is 3.01. The van der Waals surface area contributed by atoms with Crippen LogP contribution < -0.4 is 0 Å². The summed E-state index contributed by atoms with van der Waals surface area (Å²) in [5.74, 6) is -0.308. The minimum absolute atomic E-state index is 0.308. The second-order valence-corrected chi connectivity index (χ2v) is 6.72. The number of aromatic nitrogens is 1. The highest BCUT2D eigenvalue weighted by Gasteiger charge is 2.24. The minimum Gasteiger partial charge on any atom is -0.465 e. The summed E-state index contributed by atoms with van der Waals surface area (Å²) in [6.45, 7) is 0.648. The van der Waals surface area contributed by atoms with Gasteiger partial charge in [0.15, 0.2) is 0 Å². The van der Waals surface area contributed by atoms with Crippen LogP contribution in [0.4, 0.5) is 0 Å². The Hall–Kier alpha value is -3.06. The molecule has 4 nitrogen and oxygen atoms in total. The molecule has 0 bridgehead atoms. The molecule has 4 rings (SSSR count). The quantitative estimate of drug-likeness (QED) is 0.668. The van der Waals surface area contributed by atoms with Crippen LogP contribution in [0.25, 0.3) is 10.9 Å². The molecule has 0 N–H and O–H groups in total. The summed E-state index contributed by atoms with van der Waals surface area (Å²) in [5, 5.41) is 10.3. The van der Waals surface area contributed by atoms with Gasteiger partial charge in [-0.25, -0.2) is 4.79 Å². The maximum absolute atomic E-state index is 12.4. The molecule has 0 atom stereocenters. The molecule has 0 amide bonds. The number of hydrogen-bond acceptors (Lipinski definition) is 3. The summed E-state index contributed by atoms with van der Waals surface area (Å²) in [6.07, 6.45) is 4.40. The van der Waals surface area contributed by atoms with Crippen molar-refractivity contribution in [3.8, 4) is 6.07 Å². The average molecular weight is 344 g/mol. The first-order chi connectivity index (χ1) is 12.7. The van der Waals surface area contributed by atoms with Gasteiger partial charge in [-0.2, -0.15) is 5.26 Å². The monoisotopic (exact) mass is 344 g/mol. The highest BCUT2D eigenvalue weighted by Crippen LogP contribution is 2.34. The maximum atomic E-state index is 12.4. The van der Waals surface area contributed by atoms with Gasteiger partial charge in [-0.05, 0) is 55.0 Å². The SMILES string of the molecule is COC(=O)c1cccc2c3c(n(Cc4cccc(C#N)c4)c12)CCCC3. The van der Waals surface area contributed by atoms with Crippen molar-refractivity contribution in [2.24, 2.45) is 0 Å². The maximum Gasteiger partial charge on any atom is 0.340 e. The normalized spacial score (nSPS) is 13.2. The molecule has 1 aliphatic rings. The fourth-order valence-corrected chi connectivity index (χ4v) is 4.06. The third kappa shape index (κ3) is 2.66. The molecule has 2 aromatic carbocycles. The fraction of sp³-hybridized carbons (Fsp3) is 0.273. The highest BCUT2D eigenvalue weighted by molar-refractivity contribution is 6.04. The number of fused-ring (bicyclic) bond motifs is 3. The standard InChI is InChI=1S/C22H20N2O2/c1-26-22(25)19-10-5-9-18-17-8-2-3-11-20(17)24(21(18)19)14-16-7-4-6-15(12-16)13-23/h4-7,9-10,12H,2-3,8,11,14H2,1H3. The van der Waals surface area contributed by atoms with Crippen molar-refractivity contribution >= 4 is 16.9 Å². The first kappa shape index (κ1) is 16.4. The molecule has 0 fully saturated rings. The van der Waals surface area contributed by atoms with Crippen LogP contribution in [0, 0.1) is 11.3 Å². The van der Waals surface area contributed by atoms with E-state index in [1.165, 1.54) is 24.8 Å². The molecule has 0 aliphatic heterocycles. The van der Waals surface area contributed by atoms with Crippen LogP contribution in [-0.4, -0.2) is 17.6 Å². The van der Waals surface area contributed by atoms with E-state index in [9.17, 15) is 10.1 Å². The molecule has 1 aliphatic carbocycles. The van der Waals surface area contributed by atoms with Crippen LogP contribution in [0.2, 0.25) is 0 Å². The van der Waals surface area contributed by atoms with E-state index in [0.29, 0.717) is 17.7 Å². The topological polar surface area (TPSA) is 55.0 Å². The van der Waals surface area contributed by atoms with Crippen molar-refractivity contribution in [2.75, 3.05) is 7.11 Å². The summed E-state index contributed by atoms with van der Waals surface area (Å²) in [6, 6.07) is 15.7. The Kier molecular flexibility index (Phi) is 4.22. The number of para-hydroxylation sites is 1. The molecular weight excluding hydrogens is 324 g/mol. The second kappa shape index (κ2) is 6.68. The lowest BCUT2D eigenvalue weighted by atomic mass is 9.95. The first-order valence-corrected chi connectivity index (χ1v) is 8.93. The van der Waals surface area contributed by atoms with E-state index in [1.54, 1.807) is 0 Å². The van der Waals surface area contributed by atoms with Crippen LogP contribution in [-0.2, 0) is 24.1 Å². The summed E-state index contributed by atoms with van der Waals surface area (Å²) < 4.78 is 7.28. The van der Waals surface area contributed by atoms with E-state index in [-0.39, 0.29) is 5.97 Å². The van der Waals surface area contributed by atoms with Crippen molar-refractivity contribution in [1.29, 1.82) is 5.26 Å². The molecule has 0 saturated carbocycles. The Balaban J connectivity index is 1.94. The molecule has 4 heteroatoms. The van der Waals surface area contributed by atoms with Crippen molar-refractivity contribution < 1.29 is 9.53 Å². The molecule has 1 heterocycles. The van der Waals surface area contributed by atoms with Crippen molar-refractivity contribution in [1.82, 2.24) is 4.57 Å². The lowest BCUT2D eigenvalue weighted by Crippen LogP contribution is -2.11. The Morgan fingerprint density at radius 2 is 2.00 bits per heavy atom. The zero-order valence-electron chi connectivity index (χ0n) is 14.8. The number of methoxy groups -OCH3 is 1. The summed E-state index contributed by atoms with van der Waals surface area (Å²) in [5.41, 5.74) is 5.94. The second-order valence-electron chi connectivity index (χ2n) is 6.72. The number of ether oxygens (including phenoxy) is 1. The van der Waals surface area contributed by atoms with Gasteiger partial charge in [-0.3, -0.25) is 0 Å². The van der Waals surface area contributed by atoms with E-state index in [0.717, 1.165) is 35.7 Å². The molecule has 0 spiro atoms. The molecule has 0 unspecified atom stereocenters. The number of nitriles is 1. The third-order valence-electron chi connectivity index (χ3n) is 5.20. The van der Waals surface area contributed by atoms with Crippen molar-refractivity contribution in [3.05, 3.63) is 70.4 Å². The van der Waals surface area contributed by atoms with E-state index < -0.39 is 0 Å². The molecule has 0 radical (unpaired) electrons. The van der Waals surface area contributed by atoms with Crippen LogP contribution >= 0.6 is 0 Å². The third-order valence-corrected chi connectivity index (χ3v) is 5.20. The zero-order chi connectivity index (χ0) is 18.1. The molecule has 3 aromatic rings. The Labute approximate surface area is 152 Å². The van der Waals surface area contributed by atoms with Gasteiger partial charge in [0.25, 0.3) is 0 Å². The number of carbonyl (C=O) groups excluding carboxylic acids is 1. The van der Waals surface area contributed by atoms with Gasteiger partial charge >= 0.3 is 5.97 Å². The number of esters is 1. The van der Waals surface area contributed by atoms with E-state index in [4.69, 9.17) is 4.74 Å². The lowest BCUT2D eigenvalue weighted by Gasteiger charge is -2.16. The van der Waals surface area contributed by atoms with Crippen molar-refractivity contribution in [2.45, 2.75) is 32.2 Å². The van der Waals surface area contributed by atoms with Crippen LogP contribution in [0.5, 0.6) is 0 Å². The van der Waals surface area contributed by atoms with E-state index in [1.807, 2.05) is 36.4 Å². The predicted molar refractivity (Wildman–Crippen MR) is 100 cm³/mol. The predicted octanol–water partition coefficient (Wildman–Crippen LogP) is 4.23. The Morgan fingerprint density at radius 1 is 1.19 bits per heavy atom. The van der Waals surface area contributed by atoms with Crippen LogP contribution in [0.3, 0.4) is 0 Å². The minimum atomic E-state index is -0.308. The Bertz CT molecular complexity index is 1040. The largest absolute Gasteiger partial charge is 0.465 e. The van der Waals surface area contributed by atoms with E-state index in [2.05, 4.69) is 16.7 Å². The first-order valence-electron chi connectivity index (χ1n) is 8.93. The van der Waals surface area contributed by atoms with Gasteiger partial charge in [-0.1, -0.05) is 24.3 Å². The van der Waals surface area contributed by atoms with Gasteiger partial charge in [0.2, 0.25) is 0 Å². The van der Waals surface area contributed by atoms with Gasteiger partial charge in [0.1, 0.15) is 0 Å². The fourth-order valence-electron chi connectivity index (χ4n) is 4.06. The molecular formula is C22H20N2O2. The number of aryl methyl sites for hydroxylation is 1. The van der Waals surface area contributed by atoms with E-state index >= 15 is 0 Å². The number of benzene rings is 2. The highest BCUT2D eigenvalue weighted by atomic mass is 16.5. The molecule has 1 aromatic heterocycles. The van der Waals surface area contributed by atoms with Crippen LogP contribution in [0.1, 0.15) is 45.6 Å². The summed E-state index contributed by atoms with van der Waals surface area (Å²) >= 11 is 0. The van der Waals surface area contributed by atoms with Gasteiger partial charge in [0.05, 0.1) is 29.8 Å². The number of hydrogen-bond donors (Lipinski definition) is 0. The Morgan fingerprint density at radius 3 is 2.81 bits per heavy atom. The number of carbonyl (C=O) groups is 1. The van der Waals surface area contributed by atoms with Crippen molar-refractivity contribution in [3.63, 3.8) is 0 Å². The van der Waals surface area contributed by atoms with Crippen LogP contribution in [0.15, 0.2) is 42.5 Å². The number of nitrogens with zero attached hydrogens (tertiary/aromatic N) is 2.